The molecule has 112 valence electrons. The molecule has 1 unspecified atom stereocenters. The Bertz CT molecular complexity index is 598. The zero-order chi connectivity index (χ0) is 15.2. The molecule has 2 aromatic heterocycles. The average molecular weight is 285 g/mol. The summed E-state index contributed by atoms with van der Waals surface area (Å²) in [6.07, 6.45) is 2.86. The number of nitrogens with one attached hydrogen (secondary N) is 1. The SMILES string of the molecule is CCCNC(c1ccc(C)nc1C)c1ncccc1OC. The Labute approximate surface area is 126 Å². The highest BCUT2D eigenvalue weighted by molar-refractivity contribution is 5.38. The molecule has 2 heterocycles. The maximum absolute atomic E-state index is 5.47. The van der Waals surface area contributed by atoms with Crippen LogP contribution in [0.25, 0.3) is 0 Å². The smallest absolute Gasteiger partial charge is 0.142 e. The summed E-state index contributed by atoms with van der Waals surface area (Å²) in [5, 5.41) is 3.55. The fourth-order valence-electron chi connectivity index (χ4n) is 2.44. The van der Waals surface area contributed by atoms with E-state index in [1.807, 2.05) is 32.0 Å². The van der Waals surface area contributed by atoms with Gasteiger partial charge in [-0.2, -0.15) is 0 Å². The van der Waals surface area contributed by atoms with Crippen LogP contribution in [0.3, 0.4) is 0 Å². The zero-order valence-electron chi connectivity index (χ0n) is 13.2. The molecule has 0 aliphatic heterocycles. The van der Waals surface area contributed by atoms with Gasteiger partial charge in [0.15, 0.2) is 0 Å². The summed E-state index contributed by atoms with van der Waals surface area (Å²) < 4.78 is 5.47. The molecule has 0 amide bonds. The van der Waals surface area contributed by atoms with Crippen LogP contribution in [0.2, 0.25) is 0 Å². The summed E-state index contributed by atoms with van der Waals surface area (Å²) in [6.45, 7) is 7.11. The van der Waals surface area contributed by atoms with Crippen molar-refractivity contribution in [2.24, 2.45) is 0 Å². The van der Waals surface area contributed by atoms with Crippen molar-refractivity contribution in [3.63, 3.8) is 0 Å². The molecule has 0 bridgehead atoms. The van der Waals surface area contributed by atoms with Crippen LogP contribution in [-0.2, 0) is 0 Å². The maximum atomic E-state index is 5.47. The van der Waals surface area contributed by atoms with Crippen molar-refractivity contribution >= 4 is 0 Å². The fourth-order valence-corrected chi connectivity index (χ4v) is 2.44. The van der Waals surface area contributed by atoms with Crippen LogP contribution in [0, 0.1) is 13.8 Å². The molecule has 0 saturated carbocycles. The van der Waals surface area contributed by atoms with Gasteiger partial charge in [0.1, 0.15) is 11.4 Å². The van der Waals surface area contributed by atoms with Gasteiger partial charge in [0.05, 0.1) is 13.2 Å². The van der Waals surface area contributed by atoms with Gasteiger partial charge in [0.2, 0.25) is 0 Å². The molecule has 21 heavy (non-hydrogen) atoms. The first kappa shape index (κ1) is 15.4. The van der Waals surface area contributed by atoms with Crippen LogP contribution in [0.15, 0.2) is 30.5 Å². The molecule has 0 fully saturated rings. The maximum Gasteiger partial charge on any atom is 0.142 e. The van der Waals surface area contributed by atoms with Crippen molar-refractivity contribution in [3.8, 4) is 5.75 Å². The molecule has 0 aromatic carbocycles. The van der Waals surface area contributed by atoms with Crippen molar-refractivity contribution in [2.75, 3.05) is 13.7 Å². The molecule has 0 spiro atoms. The van der Waals surface area contributed by atoms with Gasteiger partial charge in [-0.15, -0.1) is 0 Å². The van der Waals surface area contributed by atoms with Crippen molar-refractivity contribution < 1.29 is 4.74 Å². The summed E-state index contributed by atoms with van der Waals surface area (Å²) in [5.74, 6) is 0.797. The lowest BCUT2D eigenvalue weighted by atomic mass is 10.0. The predicted molar refractivity (Wildman–Crippen MR) is 84.6 cm³/mol. The number of hydrogen-bond donors (Lipinski definition) is 1. The highest BCUT2D eigenvalue weighted by atomic mass is 16.5. The first-order valence-electron chi connectivity index (χ1n) is 7.33. The van der Waals surface area contributed by atoms with Gasteiger partial charge < -0.3 is 10.1 Å². The van der Waals surface area contributed by atoms with E-state index in [1.54, 1.807) is 13.3 Å². The summed E-state index contributed by atoms with van der Waals surface area (Å²) in [7, 11) is 1.68. The highest BCUT2D eigenvalue weighted by Crippen LogP contribution is 2.29. The second kappa shape index (κ2) is 7.18. The largest absolute Gasteiger partial charge is 0.495 e. The van der Waals surface area contributed by atoms with E-state index in [0.717, 1.165) is 41.4 Å². The molecule has 4 heteroatoms. The third-order valence-corrected chi connectivity index (χ3v) is 3.47. The average Bonchev–Trinajstić information content (AvgIpc) is 2.49. The van der Waals surface area contributed by atoms with E-state index in [0.29, 0.717) is 0 Å². The minimum Gasteiger partial charge on any atom is -0.495 e. The van der Waals surface area contributed by atoms with Gasteiger partial charge >= 0.3 is 0 Å². The molecule has 2 rings (SSSR count). The topological polar surface area (TPSA) is 47.0 Å². The molecule has 1 atom stereocenters. The molecule has 1 N–H and O–H groups in total. The van der Waals surface area contributed by atoms with Gasteiger partial charge in [-0.3, -0.25) is 9.97 Å². The number of hydrogen-bond acceptors (Lipinski definition) is 4. The second-order valence-corrected chi connectivity index (χ2v) is 5.11. The highest BCUT2D eigenvalue weighted by Gasteiger charge is 2.21. The number of aromatic nitrogens is 2. The first-order valence-corrected chi connectivity index (χ1v) is 7.33. The Hall–Kier alpha value is -1.94. The van der Waals surface area contributed by atoms with Crippen LogP contribution < -0.4 is 10.1 Å². The minimum absolute atomic E-state index is 0.00537. The first-order chi connectivity index (χ1) is 10.2. The van der Waals surface area contributed by atoms with Crippen LogP contribution in [0.5, 0.6) is 5.75 Å². The number of pyridine rings is 2. The third-order valence-electron chi connectivity index (χ3n) is 3.47. The normalized spacial score (nSPS) is 12.2. The van der Waals surface area contributed by atoms with Gasteiger partial charge in [-0.1, -0.05) is 13.0 Å². The standard InChI is InChI=1S/C17H23N3O/c1-5-10-18-16(14-9-8-12(2)20-13(14)3)17-15(21-4)7-6-11-19-17/h6-9,11,16,18H,5,10H2,1-4H3. The van der Waals surface area contributed by atoms with Crippen molar-refractivity contribution in [3.05, 3.63) is 53.1 Å². The molecule has 2 aromatic rings. The molecule has 0 aliphatic carbocycles. The molecule has 0 radical (unpaired) electrons. The number of aryl methyl sites for hydroxylation is 2. The van der Waals surface area contributed by atoms with Crippen LogP contribution in [0.4, 0.5) is 0 Å². The van der Waals surface area contributed by atoms with Gasteiger partial charge in [0, 0.05) is 17.6 Å². The summed E-state index contributed by atoms with van der Waals surface area (Å²) in [6, 6.07) is 7.99. The van der Waals surface area contributed by atoms with Gasteiger partial charge in [0.25, 0.3) is 0 Å². The molecule has 0 saturated heterocycles. The Kier molecular flexibility index (Phi) is 5.28. The van der Waals surface area contributed by atoms with Gasteiger partial charge in [-0.05, 0) is 50.6 Å². The van der Waals surface area contributed by atoms with E-state index in [1.165, 1.54) is 0 Å². The minimum atomic E-state index is -0.00537. The van der Waals surface area contributed by atoms with Crippen molar-refractivity contribution in [2.45, 2.75) is 33.2 Å². The van der Waals surface area contributed by atoms with Crippen molar-refractivity contribution in [1.29, 1.82) is 0 Å². The summed E-state index contributed by atoms with van der Waals surface area (Å²) >= 11 is 0. The zero-order valence-corrected chi connectivity index (χ0v) is 13.2. The number of ether oxygens (including phenoxy) is 1. The quantitative estimate of drug-likeness (QED) is 0.885. The lowest BCUT2D eigenvalue weighted by Gasteiger charge is -2.22. The van der Waals surface area contributed by atoms with E-state index in [9.17, 15) is 0 Å². The van der Waals surface area contributed by atoms with Crippen molar-refractivity contribution in [1.82, 2.24) is 15.3 Å². The van der Waals surface area contributed by atoms with E-state index >= 15 is 0 Å². The van der Waals surface area contributed by atoms with Crippen LogP contribution >= 0.6 is 0 Å². The number of rotatable bonds is 6. The molecule has 4 nitrogen and oxygen atoms in total. The summed E-state index contributed by atoms with van der Waals surface area (Å²) in [4.78, 5) is 9.10. The van der Waals surface area contributed by atoms with Gasteiger partial charge in [-0.25, -0.2) is 0 Å². The molecule has 0 aliphatic rings. The summed E-state index contributed by atoms with van der Waals surface area (Å²) in [5.41, 5.74) is 4.10. The lowest BCUT2D eigenvalue weighted by Crippen LogP contribution is -2.25. The Morgan fingerprint density at radius 2 is 2.05 bits per heavy atom. The monoisotopic (exact) mass is 285 g/mol. The lowest BCUT2D eigenvalue weighted by molar-refractivity contribution is 0.399. The number of methoxy groups -OCH3 is 1. The fraction of sp³-hybridized carbons (Fsp3) is 0.412. The Balaban J connectivity index is 2.47. The molecular weight excluding hydrogens is 262 g/mol. The number of nitrogens with zero attached hydrogens (tertiary/aromatic N) is 2. The Morgan fingerprint density at radius 3 is 2.71 bits per heavy atom. The molecular formula is C17H23N3O. The second-order valence-electron chi connectivity index (χ2n) is 5.11. The van der Waals surface area contributed by atoms with Crippen LogP contribution in [-0.4, -0.2) is 23.6 Å². The third kappa shape index (κ3) is 3.58. The predicted octanol–water partition coefficient (Wildman–Crippen LogP) is 3.19. The van der Waals surface area contributed by atoms with E-state index in [-0.39, 0.29) is 6.04 Å². The van der Waals surface area contributed by atoms with E-state index in [2.05, 4.69) is 28.3 Å². The Morgan fingerprint density at radius 1 is 1.24 bits per heavy atom. The van der Waals surface area contributed by atoms with E-state index in [4.69, 9.17) is 4.74 Å². The van der Waals surface area contributed by atoms with Crippen LogP contribution in [0.1, 0.15) is 42.0 Å². The van der Waals surface area contributed by atoms with E-state index < -0.39 is 0 Å².